The first-order valence-electron chi connectivity index (χ1n) is 5.94. The first-order chi connectivity index (χ1) is 7.84. The van der Waals surface area contributed by atoms with Crippen molar-refractivity contribution in [1.82, 2.24) is 4.98 Å². The molecule has 0 spiro atoms. The van der Waals surface area contributed by atoms with Crippen molar-refractivity contribution in [1.29, 1.82) is 0 Å². The van der Waals surface area contributed by atoms with Gasteiger partial charge in [0.15, 0.2) is 0 Å². The molecule has 2 nitrogen and oxygen atoms in total. The Morgan fingerprint density at radius 2 is 2.12 bits per heavy atom. The molecule has 1 aromatic carbocycles. The maximum absolute atomic E-state index is 11.9. The second-order valence-electron chi connectivity index (χ2n) is 4.59. The summed E-state index contributed by atoms with van der Waals surface area (Å²) in [5, 5.41) is 1.20. The van der Waals surface area contributed by atoms with E-state index in [2.05, 4.69) is 29.2 Å². The Morgan fingerprint density at radius 1 is 1.19 bits per heavy atom. The molecule has 1 aliphatic rings. The van der Waals surface area contributed by atoms with Crippen LogP contribution < -0.4 is 0 Å². The number of hydrogen-bond donors (Lipinski definition) is 1. The number of carbonyl (C=O) groups is 1. The van der Waals surface area contributed by atoms with E-state index in [1.165, 1.54) is 17.4 Å². The maximum atomic E-state index is 11.9. The molecule has 0 amide bonds. The molecule has 82 valence electrons. The highest BCUT2D eigenvalue weighted by Gasteiger charge is 2.23. The van der Waals surface area contributed by atoms with Gasteiger partial charge in [-0.25, -0.2) is 0 Å². The minimum Gasteiger partial charge on any atom is -0.361 e. The number of fused-ring (bicyclic) bond motifs is 1. The lowest BCUT2D eigenvalue weighted by Gasteiger charge is -2.20. The van der Waals surface area contributed by atoms with Crippen molar-refractivity contribution in [2.24, 2.45) is 0 Å². The Kier molecular flexibility index (Phi) is 2.28. The minimum atomic E-state index is 0.146. The van der Waals surface area contributed by atoms with E-state index in [4.69, 9.17) is 0 Å². The first-order valence-corrected chi connectivity index (χ1v) is 5.94. The van der Waals surface area contributed by atoms with E-state index in [1.807, 2.05) is 6.20 Å². The summed E-state index contributed by atoms with van der Waals surface area (Å²) in [5.74, 6) is 0.564. The van der Waals surface area contributed by atoms with Crippen molar-refractivity contribution in [3.63, 3.8) is 0 Å². The van der Waals surface area contributed by atoms with Gasteiger partial charge in [0.25, 0.3) is 0 Å². The molecule has 1 heterocycles. The minimum absolute atomic E-state index is 0.146. The average molecular weight is 213 g/mol. The highest BCUT2D eigenvalue weighted by atomic mass is 16.1. The van der Waals surface area contributed by atoms with Gasteiger partial charge in [-0.3, -0.25) is 4.79 Å². The summed E-state index contributed by atoms with van der Waals surface area (Å²) in [4.78, 5) is 15.0. The third-order valence-corrected chi connectivity index (χ3v) is 3.53. The van der Waals surface area contributed by atoms with E-state index in [-0.39, 0.29) is 5.92 Å². The Morgan fingerprint density at radius 3 is 3.00 bits per heavy atom. The van der Waals surface area contributed by atoms with Gasteiger partial charge in [-0.05, 0) is 42.0 Å². The lowest BCUT2D eigenvalue weighted by molar-refractivity contribution is -0.121. The van der Waals surface area contributed by atoms with Crippen molar-refractivity contribution in [3.8, 4) is 0 Å². The number of aromatic nitrogens is 1. The Labute approximate surface area is 94.7 Å². The number of rotatable bonds is 1. The molecule has 0 unspecified atom stereocenters. The quantitative estimate of drug-likeness (QED) is 0.773. The van der Waals surface area contributed by atoms with Crippen LogP contribution in [-0.4, -0.2) is 10.8 Å². The summed E-state index contributed by atoms with van der Waals surface area (Å²) in [5.41, 5.74) is 2.34. The number of benzene rings is 1. The summed E-state index contributed by atoms with van der Waals surface area (Å²) in [6, 6.07) is 8.38. The van der Waals surface area contributed by atoms with E-state index < -0.39 is 0 Å². The van der Waals surface area contributed by atoms with Crippen molar-refractivity contribution < 1.29 is 4.79 Å². The lowest BCUT2D eigenvalue weighted by atomic mass is 9.83. The molecule has 1 N–H and O–H groups in total. The van der Waals surface area contributed by atoms with Crippen LogP contribution in [0.1, 0.15) is 37.2 Å². The topological polar surface area (TPSA) is 32.9 Å². The zero-order valence-electron chi connectivity index (χ0n) is 9.20. The molecule has 1 fully saturated rings. The second kappa shape index (κ2) is 3.78. The van der Waals surface area contributed by atoms with Crippen molar-refractivity contribution >= 4 is 16.7 Å². The van der Waals surface area contributed by atoms with E-state index in [0.717, 1.165) is 24.8 Å². The normalized spacial score (nSPS) is 21.5. The van der Waals surface area contributed by atoms with Gasteiger partial charge in [0, 0.05) is 24.1 Å². The summed E-state index contributed by atoms with van der Waals surface area (Å²) < 4.78 is 0. The molecule has 0 radical (unpaired) electrons. The van der Waals surface area contributed by atoms with Crippen LogP contribution in [0.2, 0.25) is 0 Å². The zero-order chi connectivity index (χ0) is 11.0. The predicted octanol–water partition coefficient (Wildman–Crippen LogP) is 3.39. The monoisotopic (exact) mass is 213 g/mol. The van der Waals surface area contributed by atoms with Gasteiger partial charge in [0.1, 0.15) is 5.78 Å². The molecule has 1 saturated carbocycles. The van der Waals surface area contributed by atoms with Crippen LogP contribution in [-0.2, 0) is 4.79 Å². The number of aromatic amines is 1. The summed E-state index contributed by atoms with van der Waals surface area (Å²) in [6.45, 7) is 0. The zero-order valence-corrected chi connectivity index (χ0v) is 9.20. The molecular formula is C14H15NO. The third-order valence-electron chi connectivity index (χ3n) is 3.53. The molecule has 0 bridgehead atoms. The van der Waals surface area contributed by atoms with Crippen LogP contribution in [0.4, 0.5) is 0 Å². The van der Waals surface area contributed by atoms with E-state index in [0.29, 0.717) is 5.78 Å². The van der Waals surface area contributed by atoms with Crippen molar-refractivity contribution in [2.45, 2.75) is 31.6 Å². The largest absolute Gasteiger partial charge is 0.361 e. The number of carbonyl (C=O) groups excluding carboxylic acids is 1. The first kappa shape index (κ1) is 9.64. The third kappa shape index (κ3) is 1.54. The molecular weight excluding hydrogens is 198 g/mol. The van der Waals surface area contributed by atoms with Gasteiger partial charge in [-0.15, -0.1) is 0 Å². The van der Waals surface area contributed by atoms with Gasteiger partial charge >= 0.3 is 0 Å². The van der Waals surface area contributed by atoms with E-state index in [1.54, 1.807) is 0 Å². The van der Waals surface area contributed by atoms with Gasteiger partial charge in [-0.2, -0.15) is 0 Å². The van der Waals surface area contributed by atoms with E-state index >= 15 is 0 Å². The van der Waals surface area contributed by atoms with Crippen LogP contribution in [0.3, 0.4) is 0 Å². The van der Waals surface area contributed by atoms with Crippen LogP contribution in [0.5, 0.6) is 0 Å². The standard InChI is InChI=1S/C14H15NO/c16-14-4-2-1-3-12(14)10-5-6-13-11(9-10)7-8-15-13/h5-9,12,15H,1-4H2/t12-/m0/s1. The van der Waals surface area contributed by atoms with Gasteiger partial charge < -0.3 is 4.98 Å². The molecule has 1 atom stereocenters. The number of nitrogens with one attached hydrogen (secondary N) is 1. The van der Waals surface area contributed by atoms with E-state index in [9.17, 15) is 4.79 Å². The maximum Gasteiger partial charge on any atom is 0.140 e. The Bertz CT molecular complexity index is 526. The van der Waals surface area contributed by atoms with Crippen LogP contribution >= 0.6 is 0 Å². The van der Waals surface area contributed by atoms with Gasteiger partial charge in [0.05, 0.1) is 0 Å². The Balaban J connectivity index is 2.00. The molecule has 1 aliphatic carbocycles. The number of H-pyrrole nitrogens is 1. The SMILES string of the molecule is O=C1CCCC[C@H]1c1ccc2[nH]ccc2c1. The fourth-order valence-corrected chi connectivity index (χ4v) is 2.62. The number of hydrogen-bond acceptors (Lipinski definition) is 1. The summed E-state index contributed by atoms with van der Waals surface area (Å²) >= 11 is 0. The second-order valence-corrected chi connectivity index (χ2v) is 4.59. The Hall–Kier alpha value is -1.57. The average Bonchev–Trinajstić information content (AvgIpc) is 2.76. The molecule has 2 heteroatoms. The smallest absolute Gasteiger partial charge is 0.140 e. The fourth-order valence-electron chi connectivity index (χ4n) is 2.62. The van der Waals surface area contributed by atoms with Crippen molar-refractivity contribution in [3.05, 3.63) is 36.0 Å². The van der Waals surface area contributed by atoms with Gasteiger partial charge in [0.2, 0.25) is 0 Å². The van der Waals surface area contributed by atoms with Gasteiger partial charge in [-0.1, -0.05) is 12.5 Å². The molecule has 3 rings (SSSR count). The number of ketones is 1. The lowest BCUT2D eigenvalue weighted by Crippen LogP contribution is -2.16. The molecule has 16 heavy (non-hydrogen) atoms. The highest BCUT2D eigenvalue weighted by Crippen LogP contribution is 2.31. The predicted molar refractivity (Wildman–Crippen MR) is 64.5 cm³/mol. The number of Topliss-reactive ketones (excluding diaryl/α,β-unsaturated/α-hetero) is 1. The van der Waals surface area contributed by atoms with Crippen molar-refractivity contribution in [2.75, 3.05) is 0 Å². The van der Waals surface area contributed by atoms with Crippen LogP contribution in [0, 0.1) is 0 Å². The summed E-state index contributed by atoms with van der Waals surface area (Å²) in [6.07, 6.45) is 5.98. The molecule has 2 aromatic rings. The fraction of sp³-hybridized carbons (Fsp3) is 0.357. The molecule has 0 aliphatic heterocycles. The molecule has 0 saturated heterocycles. The highest BCUT2D eigenvalue weighted by molar-refractivity contribution is 5.88. The van der Waals surface area contributed by atoms with Crippen LogP contribution in [0.15, 0.2) is 30.5 Å². The van der Waals surface area contributed by atoms with Crippen LogP contribution in [0.25, 0.3) is 10.9 Å². The summed E-state index contributed by atoms with van der Waals surface area (Å²) in [7, 11) is 0. The molecule has 1 aromatic heterocycles.